The molecule has 7 heteroatoms. The van der Waals surface area contributed by atoms with E-state index in [-0.39, 0.29) is 17.9 Å². The van der Waals surface area contributed by atoms with Gasteiger partial charge in [-0.05, 0) is 55.6 Å². The quantitative estimate of drug-likeness (QED) is 0.820. The molecule has 160 valence electrons. The van der Waals surface area contributed by atoms with Crippen LogP contribution in [0.15, 0.2) is 41.1 Å². The zero-order valence-corrected chi connectivity index (χ0v) is 17.7. The third-order valence-corrected chi connectivity index (χ3v) is 6.38. The zero-order chi connectivity index (χ0) is 21.1. The summed E-state index contributed by atoms with van der Waals surface area (Å²) in [5.41, 5.74) is 1.71. The summed E-state index contributed by atoms with van der Waals surface area (Å²) in [6.07, 6.45) is 5.70. The van der Waals surface area contributed by atoms with Crippen LogP contribution < -0.4 is 5.32 Å². The first-order chi connectivity index (χ1) is 14.5. The summed E-state index contributed by atoms with van der Waals surface area (Å²) in [5.74, 6) is 1.02. The van der Waals surface area contributed by atoms with Gasteiger partial charge in [-0.15, -0.1) is 0 Å². The second kappa shape index (κ2) is 9.00. The highest BCUT2D eigenvalue weighted by Gasteiger charge is 2.34. The summed E-state index contributed by atoms with van der Waals surface area (Å²) in [6, 6.07) is 7.67. The van der Waals surface area contributed by atoms with Crippen molar-refractivity contribution in [3.05, 3.63) is 53.7 Å². The molecule has 0 radical (unpaired) electrons. The van der Waals surface area contributed by atoms with Gasteiger partial charge in [-0.25, -0.2) is 0 Å². The van der Waals surface area contributed by atoms with E-state index in [4.69, 9.17) is 4.42 Å². The summed E-state index contributed by atoms with van der Waals surface area (Å²) in [5, 5.41) is 3.13. The van der Waals surface area contributed by atoms with Gasteiger partial charge in [-0.2, -0.15) is 0 Å². The molecule has 0 spiro atoms. The maximum Gasteiger partial charge on any atom is 0.231 e. The smallest absolute Gasteiger partial charge is 0.231 e. The van der Waals surface area contributed by atoms with E-state index in [1.54, 1.807) is 24.3 Å². The number of nitrogens with one attached hydrogen (secondary N) is 1. The SMILES string of the molecule is CC(=O)N1Cc2cccnc2C(C(=O)NCC(c2ccco2)N2CCC(C)CC2)C1. The molecule has 0 aliphatic carbocycles. The van der Waals surface area contributed by atoms with E-state index in [0.29, 0.717) is 19.6 Å². The second-order valence-electron chi connectivity index (χ2n) is 8.49. The first-order valence-corrected chi connectivity index (χ1v) is 10.8. The Morgan fingerprint density at radius 1 is 1.27 bits per heavy atom. The fourth-order valence-electron chi connectivity index (χ4n) is 4.47. The van der Waals surface area contributed by atoms with Crippen LogP contribution in [0.1, 0.15) is 55.7 Å². The predicted octanol–water partition coefficient (Wildman–Crippen LogP) is 2.71. The highest BCUT2D eigenvalue weighted by molar-refractivity contribution is 5.85. The number of amides is 2. The van der Waals surface area contributed by atoms with E-state index in [9.17, 15) is 9.59 Å². The number of aromatic nitrogens is 1. The molecule has 7 nitrogen and oxygen atoms in total. The Morgan fingerprint density at radius 2 is 2.07 bits per heavy atom. The number of pyridine rings is 1. The predicted molar refractivity (Wildman–Crippen MR) is 112 cm³/mol. The lowest BCUT2D eigenvalue weighted by molar-refractivity contribution is -0.131. The molecule has 2 aromatic rings. The van der Waals surface area contributed by atoms with Crippen molar-refractivity contribution in [1.29, 1.82) is 0 Å². The minimum absolute atomic E-state index is 0.00662. The van der Waals surface area contributed by atoms with Crippen LogP contribution >= 0.6 is 0 Å². The zero-order valence-electron chi connectivity index (χ0n) is 17.7. The van der Waals surface area contributed by atoms with Crippen LogP contribution in [-0.2, 0) is 16.1 Å². The molecule has 4 rings (SSSR count). The summed E-state index contributed by atoms with van der Waals surface area (Å²) < 4.78 is 5.70. The molecule has 2 aliphatic rings. The lowest BCUT2D eigenvalue weighted by Gasteiger charge is -2.36. The first-order valence-electron chi connectivity index (χ1n) is 10.8. The fraction of sp³-hybridized carbons (Fsp3) is 0.522. The van der Waals surface area contributed by atoms with Crippen molar-refractivity contribution in [3.8, 4) is 0 Å². The highest BCUT2D eigenvalue weighted by atomic mass is 16.3. The lowest BCUT2D eigenvalue weighted by atomic mass is 9.93. The van der Waals surface area contributed by atoms with E-state index < -0.39 is 5.92 Å². The number of hydrogen-bond donors (Lipinski definition) is 1. The van der Waals surface area contributed by atoms with Crippen LogP contribution in [0.4, 0.5) is 0 Å². The number of rotatable bonds is 5. The first kappa shape index (κ1) is 20.6. The molecule has 1 N–H and O–H groups in total. The summed E-state index contributed by atoms with van der Waals surface area (Å²) in [4.78, 5) is 33.8. The Labute approximate surface area is 177 Å². The molecule has 0 aromatic carbocycles. The molecule has 2 atom stereocenters. The van der Waals surface area contributed by atoms with E-state index in [0.717, 1.165) is 48.9 Å². The molecule has 2 unspecified atom stereocenters. The van der Waals surface area contributed by atoms with Gasteiger partial charge in [-0.3, -0.25) is 19.5 Å². The molecule has 2 aliphatic heterocycles. The van der Waals surface area contributed by atoms with Crippen molar-refractivity contribution in [2.45, 2.75) is 45.2 Å². The number of nitrogens with zero attached hydrogens (tertiary/aromatic N) is 3. The van der Waals surface area contributed by atoms with Gasteiger partial charge in [0.25, 0.3) is 0 Å². The second-order valence-corrected chi connectivity index (χ2v) is 8.49. The normalized spacial score (nSPS) is 21.1. The van der Waals surface area contributed by atoms with Crippen molar-refractivity contribution in [3.63, 3.8) is 0 Å². The Kier molecular flexibility index (Phi) is 6.18. The van der Waals surface area contributed by atoms with Gasteiger partial charge >= 0.3 is 0 Å². The van der Waals surface area contributed by atoms with Crippen molar-refractivity contribution in [2.75, 3.05) is 26.2 Å². The van der Waals surface area contributed by atoms with E-state index >= 15 is 0 Å². The van der Waals surface area contributed by atoms with Gasteiger partial charge in [0, 0.05) is 32.8 Å². The Bertz CT molecular complexity index is 874. The topological polar surface area (TPSA) is 78.7 Å². The van der Waals surface area contributed by atoms with Crippen LogP contribution in [0.25, 0.3) is 0 Å². The molecule has 2 aromatic heterocycles. The van der Waals surface area contributed by atoms with Crippen molar-refractivity contribution >= 4 is 11.8 Å². The minimum Gasteiger partial charge on any atom is -0.468 e. The van der Waals surface area contributed by atoms with Gasteiger partial charge in [0.05, 0.1) is 23.9 Å². The van der Waals surface area contributed by atoms with Crippen molar-refractivity contribution in [2.24, 2.45) is 5.92 Å². The standard InChI is InChI=1S/C23H30N4O3/c1-16-7-10-26(11-8-16)20(21-6-4-12-30-21)13-25-23(29)19-15-27(17(2)28)14-18-5-3-9-24-22(18)19/h3-6,9,12,16,19-20H,7-8,10-11,13-15H2,1-2H3,(H,25,29). The summed E-state index contributed by atoms with van der Waals surface area (Å²) >= 11 is 0. The van der Waals surface area contributed by atoms with Crippen LogP contribution in [-0.4, -0.2) is 52.8 Å². The molecule has 2 amide bonds. The Morgan fingerprint density at radius 3 is 2.77 bits per heavy atom. The number of likely N-dealkylation sites (tertiary alicyclic amines) is 1. The minimum atomic E-state index is -0.461. The number of fused-ring (bicyclic) bond motifs is 1. The lowest BCUT2D eigenvalue weighted by Crippen LogP contribution is -2.46. The third-order valence-electron chi connectivity index (χ3n) is 6.38. The van der Waals surface area contributed by atoms with Crippen molar-refractivity contribution < 1.29 is 14.0 Å². The number of carbonyl (C=O) groups is 2. The molecule has 30 heavy (non-hydrogen) atoms. The number of carbonyl (C=O) groups excluding carboxylic acids is 2. The van der Waals surface area contributed by atoms with Gasteiger partial charge in [0.15, 0.2) is 0 Å². The molecular weight excluding hydrogens is 380 g/mol. The third kappa shape index (κ3) is 4.41. The molecule has 1 saturated heterocycles. The number of hydrogen-bond acceptors (Lipinski definition) is 5. The van der Waals surface area contributed by atoms with E-state index in [1.807, 2.05) is 24.3 Å². The molecule has 1 fully saturated rings. The van der Waals surface area contributed by atoms with Gasteiger partial charge < -0.3 is 14.6 Å². The average molecular weight is 411 g/mol. The van der Waals surface area contributed by atoms with Crippen LogP contribution in [0.3, 0.4) is 0 Å². The monoisotopic (exact) mass is 410 g/mol. The molecule has 0 saturated carbocycles. The van der Waals surface area contributed by atoms with Gasteiger partial charge in [0.1, 0.15) is 5.76 Å². The molecular formula is C23H30N4O3. The average Bonchev–Trinajstić information content (AvgIpc) is 3.28. The number of furan rings is 1. The van der Waals surface area contributed by atoms with Crippen LogP contribution in [0, 0.1) is 5.92 Å². The largest absolute Gasteiger partial charge is 0.468 e. The maximum absolute atomic E-state index is 13.2. The van der Waals surface area contributed by atoms with Gasteiger partial charge in [-0.1, -0.05) is 13.0 Å². The summed E-state index contributed by atoms with van der Waals surface area (Å²) in [6.45, 7) is 7.15. The van der Waals surface area contributed by atoms with Crippen molar-refractivity contribution in [1.82, 2.24) is 20.1 Å². The van der Waals surface area contributed by atoms with E-state index in [2.05, 4.69) is 22.1 Å². The maximum atomic E-state index is 13.2. The summed E-state index contributed by atoms with van der Waals surface area (Å²) in [7, 11) is 0. The van der Waals surface area contributed by atoms with Crippen LogP contribution in [0.5, 0.6) is 0 Å². The Hall–Kier alpha value is -2.67. The van der Waals surface area contributed by atoms with Crippen LogP contribution in [0.2, 0.25) is 0 Å². The molecule has 4 heterocycles. The highest BCUT2D eigenvalue weighted by Crippen LogP contribution is 2.29. The number of piperidine rings is 1. The molecule has 0 bridgehead atoms. The van der Waals surface area contributed by atoms with E-state index in [1.165, 1.54) is 0 Å². The Balaban J connectivity index is 1.48. The van der Waals surface area contributed by atoms with Gasteiger partial charge in [0.2, 0.25) is 11.8 Å². The fourth-order valence-corrected chi connectivity index (χ4v) is 4.47.